The molecule has 1 unspecified atom stereocenters. The van der Waals surface area contributed by atoms with E-state index >= 15 is 0 Å². The number of nitrogens with one attached hydrogen (secondary N) is 1. The molecular weight excluding hydrogens is 200 g/mol. The molecule has 3 heteroatoms. The third-order valence-corrected chi connectivity index (χ3v) is 3.24. The molecule has 16 heavy (non-hydrogen) atoms. The molecule has 1 atom stereocenters. The predicted octanol–water partition coefficient (Wildman–Crippen LogP) is 2.17. The van der Waals surface area contributed by atoms with E-state index in [0.717, 1.165) is 38.9 Å². The minimum absolute atomic E-state index is 0.358. The summed E-state index contributed by atoms with van der Waals surface area (Å²) < 4.78 is 0. The van der Waals surface area contributed by atoms with E-state index < -0.39 is 0 Å². The van der Waals surface area contributed by atoms with Crippen LogP contribution in [0.2, 0.25) is 0 Å². The zero-order valence-corrected chi connectivity index (χ0v) is 10.8. The van der Waals surface area contributed by atoms with Crippen LogP contribution >= 0.6 is 0 Å². The van der Waals surface area contributed by atoms with Gasteiger partial charge < -0.3 is 10.2 Å². The smallest absolute Gasteiger partial charge is 0.222 e. The van der Waals surface area contributed by atoms with E-state index in [2.05, 4.69) is 24.1 Å². The molecule has 1 aliphatic rings. The van der Waals surface area contributed by atoms with Gasteiger partial charge in [-0.25, -0.2) is 0 Å². The van der Waals surface area contributed by atoms with Crippen LogP contribution < -0.4 is 5.32 Å². The van der Waals surface area contributed by atoms with Crippen LogP contribution in [-0.4, -0.2) is 36.5 Å². The number of likely N-dealkylation sites (tertiary alicyclic amines) is 1. The third kappa shape index (κ3) is 4.52. The highest BCUT2D eigenvalue weighted by Crippen LogP contribution is 2.12. The van der Waals surface area contributed by atoms with Gasteiger partial charge in [0.2, 0.25) is 5.91 Å². The first-order valence-electron chi connectivity index (χ1n) is 6.79. The molecule has 1 saturated heterocycles. The van der Waals surface area contributed by atoms with Gasteiger partial charge in [0, 0.05) is 25.6 Å². The Hall–Kier alpha value is -0.570. The lowest BCUT2D eigenvalue weighted by molar-refractivity contribution is -0.131. The molecule has 0 saturated carbocycles. The van der Waals surface area contributed by atoms with E-state index in [9.17, 15) is 4.79 Å². The number of carbonyl (C=O) groups excluding carboxylic acids is 1. The molecule has 1 aliphatic heterocycles. The standard InChI is InChI=1S/C13H26N2O/c1-3-8-12(14-4-2)11-15-10-7-5-6-9-13(15)16/h12,14H,3-11H2,1-2H3. The van der Waals surface area contributed by atoms with Gasteiger partial charge in [-0.05, 0) is 25.8 Å². The van der Waals surface area contributed by atoms with Crippen molar-refractivity contribution in [3.63, 3.8) is 0 Å². The molecule has 94 valence electrons. The minimum atomic E-state index is 0.358. The van der Waals surface area contributed by atoms with E-state index in [1.54, 1.807) is 0 Å². The summed E-state index contributed by atoms with van der Waals surface area (Å²) in [6.45, 7) is 7.19. The molecule has 1 rings (SSSR count). The average Bonchev–Trinajstić information content (AvgIpc) is 2.45. The number of hydrogen-bond acceptors (Lipinski definition) is 2. The van der Waals surface area contributed by atoms with Gasteiger partial charge in [0.15, 0.2) is 0 Å². The molecule has 0 radical (unpaired) electrons. The summed E-state index contributed by atoms with van der Waals surface area (Å²) in [5.41, 5.74) is 0. The second kappa shape index (κ2) is 7.66. The Morgan fingerprint density at radius 2 is 2.12 bits per heavy atom. The summed E-state index contributed by atoms with van der Waals surface area (Å²) in [4.78, 5) is 13.9. The Balaban J connectivity index is 2.43. The summed E-state index contributed by atoms with van der Waals surface area (Å²) in [6, 6.07) is 0.483. The maximum absolute atomic E-state index is 11.9. The summed E-state index contributed by atoms with van der Waals surface area (Å²) in [6.07, 6.45) is 6.57. The molecule has 1 amide bonds. The van der Waals surface area contributed by atoms with Gasteiger partial charge in [0.05, 0.1) is 0 Å². The highest BCUT2D eigenvalue weighted by molar-refractivity contribution is 5.76. The summed E-state index contributed by atoms with van der Waals surface area (Å²) in [7, 11) is 0. The predicted molar refractivity (Wildman–Crippen MR) is 67.4 cm³/mol. The van der Waals surface area contributed by atoms with Crippen LogP contribution in [-0.2, 0) is 4.79 Å². The van der Waals surface area contributed by atoms with Crippen molar-refractivity contribution in [2.45, 2.75) is 58.4 Å². The Kier molecular flexibility index (Phi) is 6.46. The maximum atomic E-state index is 11.9. The Morgan fingerprint density at radius 1 is 1.31 bits per heavy atom. The Labute approximate surface area is 99.6 Å². The lowest BCUT2D eigenvalue weighted by Crippen LogP contribution is -2.43. The lowest BCUT2D eigenvalue weighted by Gasteiger charge is -2.27. The van der Waals surface area contributed by atoms with Crippen LogP contribution in [0.4, 0.5) is 0 Å². The number of hydrogen-bond donors (Lipinski definition) is 1. The van der Waals surface area contributed by atoms with Crippen molar-refractivity contribution in [3.8, 4) is 0 Å². The Bertz CT molecular complexity index is 200. The first-order valence-corrected chi connectivity index (χ1v) is 6.79. The molecule has 0 aromatic rings. The number of likely N-dealkylation sites (N-methyl/N-ethyl adjacent to an activating group) is 1. The van der Waals surface area contributed by atoms with E-state index in [4.69, 9.17) is 0 Å². The fraction of sp³-hybridized carbons (Fsp3) is 0.923. The molecule has 0 aromatic carbocycles. The zero-order valence-electron chi connectivity index (χ0n) is 10.8. The molecule has 3 nitrogen and oxygen atoms in total. The molecule has 1 heterocycles. The van der Waals surface area contributed by atoms with Crippen molar-refractivity contribution in [2.24, 2.45) is 0 Å². The quantitative estimate of drug-likeness (QED) is 0.753. The van der Waals surface area contributed by atoms with Gasteiger partial charge >= 0.3 is 0 Å². The van der Waals surface area contributed by atoms with Gasteiger partial charge in [0.1, 0.15) is 0 Å². The van der Waals surface area contributed by atoms with Crippen molar-refractivity contribution in [1.82, 2.24) is 10.2 Å². The number of carbonyl (C=O) groups is 1. The maximum Gasteiger partial charge on any atom is 0.222 e. The molecule has 1 N–H and O–H groups in total. The number of nitrogens with zero attached hydrogens (tertiary/aromatic N) is 1. The highest BCUT2D eigenvalue weighted by Gasteiger charge is 2.19. The third-order valence-electron chi connectivity index (χ3n) is 3.24. The zero-order chi connectivity index (χ0) is 11.8. The minimum Gasteiger partial charge on any atom is -0.341 e. The highest BCUT2D eigenvalue weighted by atomic mass is 16.2. The van der Waals surface area contributed by atoms with Crippen molar-refractivity contribution in [2.75, 3.05) is 19.6 Å². The second-order valence-electron chi connectivity index (χ2n) is 4.69. The topological polar surface area (TPSA) is 32.3 Å². The van der Waals surface area contributed by atoms with E-state index in [1.807, 2.05) is 0 Å². The summed E-state index contributed by atoms with van der Waals surface area (Å²) >= 11 is 0. The first kappa shape index (κ1) is 13.5. The van der Waals surface area contributed by atoms with Crippen LogP contribution in [0.25, 0.3) is 0 Å². The number of amides is 1. The largest absolute Gasteiger partial charge is 0.341 e. The van der Waals surface area contributed by atoms with Crippen molar-refractivity contribution >= 4 is 5.91 Å². The van der Waals surface area contributed by atoms with Gasteiger partial charge in [0.25, 0.3) is 0 Å². The van der Waals surface area contributed by atoms with Crippen LogP contribution in [0.5, 0.6) is 0 Å². The fourth-order valence-corrected chi connectivity index (χ4v) is 2.39. The van der Waals surface area contributed by atoms with Gasteiger partial charge in [-0.15, -0.1) is 0 Å². The lowest BCUT2D eigenvalue weighted by atomic mass is 10.1. The molecule has 0 aromatic heterocycles. The monoisotopic (exact) mass is 226 g/mol. The van der Waals surface area contributed by atoms with Crippen molar-refractivity contribution in [1.29, 1.82) is 0 Å². The van der Waals surface area contributed by atoms with E-state index in [-0.39, 0.29) is 0 Å². The molecule has 0 bridgehead atoms. The average molecular weight is 226 g/mol. The van der Waals surface area contributed by atoms with Gasteiger partial charge in [-0.3, -0.25) is 4.79 Å². The van der Waals surface area contributed by atoms with E-state index in [0.29, 0.717) is 11.9 Å². The van der Waals surface area contributed by atoms with Gasteiger partial charge in [-0.1, -0.05) is 26.7 Å². The first-order chi connectivity index (χ1) is 7.77. The second-order valence-corrected chi connectivity index (χ2v) is 4.69. The van der Waals surface area contributed by atoms with Crippen LogP contribution in [0.15, 0.2) is 0 Å². The number of rotatable bonds is 6. The van der Waals surface area contributed by atoms with Crippen LogP contribution in [0, 0.1) is 0 Å². The SMILES string of the molecule is CCCC(CN1CCCCCC1=O)NCC. The molecule has 0 spiro atoms. The molecule has 0 aliphatic carbocycles. The normalized spacial score (nSPS) is 19.6. The fourth-order valence-electron chi connectivity index (χ4n) is 2.39. The summed E-state index contributed by atoms with van der Waals surface area (Å²) in [5.74, 6) is 0.358. The van der Waals surface area contributed by atoms with Gasteiger partial charge in [-0.2, -0.15) is 0 Å². The molecular formula is C13H26N2O. The molecule has 1 fully saturated rings. The van der Waals surface area contributed by atoms with Crippen LogP contribution in [0.3, 0.4) is 0 Å². The van der Waals surface area contributed by atoms with E-state index in [1.165, 1.54) is 19.3 Å². The van der Waals surface area contributed by atoms with Crippen molar-refractivity contribution in [3.05, 3.63) is 0 Å². The van der Waals surface area contributed by atoms with Crippen molar-refractivity contribution < 1.29 is 4.79 Å². The van der Waals surface area contributed by atoms with Crippen LogP contribution in [0.1, 0.15) is 52.4 Å². The summed E-state index contributed by atoms with van der Waals surface area (Å²) in [5, 5.41) is 3.48. The Morgan fingerprint density at radius 3 is 2.81 bits per heavy atom.